The second-order valence-electron chi connectivity index (χ2n) is 7.88. The van der Waals surface area contributed by atoms with Crippen molar-refractivity contribution in [1.29, 1.82) is 0 Å². The summed E-state index contributed by atoms with van der Waals surface area (Å²) in [6.45, 7) is 8.14. The highest BCUT2D eigenvalue weighted by Crippen LogP contribution is 2.27. The average Bonchev–Trinajstić information content (AvgIpc) is 2.76. The molecule has 2 aromatic carbocycles. The summed E-state index contributed by atoms with van der Waals surface area (Å²) in [5, 5.41) is 3.99. The topological polar surface area (TPSA) is 49.4 Å². The lowest BCUT2D eigenvalue weighted by Gasteiger charge is -2.32. The molecule has 32 heavy (non-hydrogen) atoms. The third kappa shape index (κ3) is 7.43. The Morgan fingerprint density at radius 3 is 2.28 bits per heavy atom. The molecule has 0 fully saturated rings. The molecule has 2 rings (SSSR count). The van der Waals surface area contributed by atoms with Gasteiger partial charge in [-0.25, -0.2) is 0 Å². The minimum Gasteiger partial charge on any atom is -0.352 e. The Morgan fingerprint density at radius 1 is 1.03 bits per heavy atom. The van der Waals surface area contributed by atoms with Gasteiger partial charge in [0.15, 0.2) is 0 Å². The van der Waals surface area contributed by atoms with Gasteiger partial charge in [0.2, 0.25) is 11.8 Å². The van der Waals surface area contributed by atoms with E-state index in [9.17, 15) is 9.59 Å². The fraction of sp³-hybridized carbons (Fsp3) is 0.440. The highest BCUT2D eigenvalue weighted by atomic mass is 35.5. The van der Waals surface area contributed by atoms with Crippen LogP contribution in [0.4, 0.5) is 0 Å². The molecule has 4 nitrogen and oxygen atoms in total. The SMILES string of the molecule is CC[C@H](C(=O)N[C@@H](C)CC)N(Cc1c(Cl)cccc1Cl)C(=O)CSCc1ccccc1C. The van der Waals surface area contributed by atoms with Crippen molar-refractivity contribution in [3.8, 4) is 0 Å². The molecule has 0 aliphatic carbocycles. The van der Waals surface area contributed by atoms with Crippen LogP contribution in [0.15, 0.2) is 42.5 Å². The largest absolute Gasteiger partial charge is 0.352 e. The number of halogens is 2. The van der Waals surface area contributed by atoms with Crippen molar-refractivity contribution in [2.75, 3.05) is 5.75 Å². The van der Waals surface area contributed by atoms with Crippen LogP contribution in [0.1, 0.15) is 50.3 Å². The smallest absolute Gasteiger partial charge is 0.243 e. The summed E-state index contributed by atoms with van der Waals surface area (Å²) >= 11 is 14.3. The number of carbonyl (C=O) groups excluding carboxylic acids is 2. The Labute approximate surface area is 206 Å². The lowest BCUT2D eigenvalue weighted by atomic mass is 10.1. The summed E-state index contributed by atoms with van der Waals surface area (Å²) < 4.78 is 0. The van der Waals surface area contributed by atoms with Gasteiger partial charge in [-0.15, -0.1) is 11.8 Å². The zero-order valence-corrected chi connectivity index (χ0v) is 21.5. The van der Waals surface area contributed by atoms with Crippen LogP contribution in [-0.4, -0.2) is 34.6 Å². The van der Waals surface area contributed by atoms with E-state index < -0.39 is 6.04 Å². The van der Waals surface area contributed by atoms with Gasteiger partial charge in [0, 0.05) is 33.9 Å². The summed E-state index contributed by atoms with van der Waals surface area (Å²) in [6.07, 6.45) is 1.32. The van der Waals surface area contributed by atoms with Crippen LogP contribution < -0.4 is 5.32 Å². The number of rotatable bonds is 11. The average molecular weight is 496 g/mol. The van der Waals surface area contributed by atoms with Gasteiger partial charge in [-0.3, -0.25) is 9.59 Å². The van der Waals surface area contributed by atoms with Crippen LogP contribution in [0, 0.1) is 6.92 Å². The third-order valence-corrected chi connectivity index (χ3v) is 7.20. The Hall–Kier alpha value is -1.69. The molecule has 2 aromatic rings. The quantitative estimate of drug-likeness (QED) is 0.401. The van der Waals surface area contributed by atoms with Crippen molar-refractivity contribution in [2.45, 2.75) is 64.9 Å². The van der Waals surface area contributed by atoms with Gasteiger partial charge in [0.1, 0.15) is 6.04 Å². The van der Waals surface area contributed by atoms with E-state index in [4.69, 9.17) is 23.2 Å². The van der Waals surface area contributed by atoms with Crippen molar-refractivity contribution in [3.63, 3.8) is 0 Å². The molecule has 0 aliphatic heterocycles. The summed E-state index contributed by atoms with van der Waals surface area (Å²) in [5.41, 5.74) is 3.06. The van der Waals surface area contributed by atoms with Crippen LogP contribution >= 0.6 is 35.0 Å². The van der Waals surface area contributed by atoms with Gasteiger partial charge < -0.3 is 10.2 Å². The maximum absolute atomic E-state index is 13.3. The van der Waals surface area contributed by atoms with Crippen molar-refractivity contribution in [2.24, 2.45) is 0 Å². The molecule has 0 bridgehead atoms. The normalized spacial score (nSPS) is 12.8. The van der Waals surface area contributed by atoms with Crippen molar-refractivity contribution < 1.29 is 9.59 Å². The first kappa shape index (κ1) is 26.6. The summed E-state index contributed by atoms with van der Waals surface area (Å²) in [5.74, 6) is 0.742. The molecule has 0 saturated carbocycles. The van der Waals surface area contributed by atoms with E-state index in [2.05, 4.69) is 24.4 Å². The van der Waals surface area contributed by atoms with Crippen molar-refractivity contribution in [1.82, 2.24) is 10.2 Å². The number of carbonyl (C=O) groups is 2. The molecule has 0 aliphatic rings. The molecular weight excluding hydrogens is 463 g/mol. The van der Waals surface area contributed by atoms with E-state index in [1.165, 1.54) is 11.1 Å². The lowest BCUT2D eigenvalue weighted by Crippen LogP contribution is -2.51. The minimum atomic E-state index is -0.595. The highest BCUT2D eigenvalue weighted by Gasteiger charge is 2.30. The summed E-state index contributed by atoms with van der Waals surface area (Å²) in [6, 6.07) is 12.9. The van der Waals surface area contributed by atoms with Gasteiger partial charge in [-0.05, 0) is 49.9 Å². The predicted molar refractivity (Wildman–Crippen MR) is 136 cm³/mol. The highest BCUT2D eigenvalue weighted by molar-refractivity contribution is 7.99. The summed E-state index contributed by atoms with van der Waals surface area (Å²) in [7, 11) is 0. The Kier molecular flexibility index (Phi) is 10.9. The molecule has 2 amide bonds. The first-order valence-corrected chi connectivity index (χ1v) is 12.8. The van der Waals surface area contributed by atoms with Gasteiger partial charge >= 0.3 is 0 Å². The van der Waals surface area contributed by atoms with E-state index in [-0.39, 0.29) is 30.2 Å². The fourth-order valence-corrected chi connectivity index (χ4v) is 4.82. The van der Waals surface area contributed by atoms with Crippen LogP contribution in [0.25, 0.3) is 0 Å². The number of amides is 2. The second-order valence-corrected chi connectivity index (χ2v) is 9.68. The zero-order chi connectivity index (χ0) is 23.7. The lowest BCUT2D eigenvalue weighted by molar-refractivity contribution is -0.139. The first-order valence-electron chi connectivity index (χ1n) is 10.9. The third-order valence-electron chi connectivity index (χ3n) is 5.52. The number of nitrogens with one attached hydrogen (secondary N) is 1. The molecule has 0 saturated heterocycles. The predicted octanol–water partition coefficient (Wildman–Crippen LogP) is 6.26. The monoisotopic (exact) mass is 494 g/mol. The van der Waals surface area contributed by atoms with Crippen molar-refractivity contribution in [3.05, 3.63) is 69.2 Å². The zero-order valence-electron chi connectivity index (χ0n) is 19.2. The van der Waals surface area contributed by atoms with Gasteiger partial charge in [-0.1, -0.05) is 67.4 Å². The number of benzene rings is 2. The Balaban J connectivity index is 2.22. The number of nitrogens with zero attached hydrogens (tertiary/aromatic N) is 1. The van der Waals surface area contributed by atoms with E-state index in [0.717, 1.165) is 12.2 Å². The Bertz CT molecular complexity index is 902. The molecule has 0 unspecified atom stereocenters. The molecule has 7 heteroatoms. The van der Waals surface area contributed by atoms with Crippen LogP contribution in [0.2, 0.25) is 10.0 Å². The van der Waals surface area contributed by atoms with Crippen LogP contribution in [0.3, 0.4) is 0 Å². The maximum atomic E-state index is 13.3. The van der Waals surface area contributed by atoms with E-state index in [1.807, 2.05) is 32.9 Å². The molecular formula is C25H32Cl2N2O2S. The van der Waals surface area contributed by atoms with Crippen LogP contribution in [0.5, 0.6) is 0 Å². The second kappa shape index (κ2) is 13.1. The van der Waals surface area contributed by atoms with E-state index >= 15 is 0 Å². The van der Waals surface area contributed by atoms with Gasteiger partial charge in [-0.2, -0.15) is 0 Å². The van der Waals surface area contributed by atoms with Crippen LogP contribution in [-0.2, 0) is 21.9 Å². The first-order chi connectivity index (χ1) is 15.3. The van der Waals surface area contributed by atoms with E-state index in [0.29, 0.717) is 22.0 Å². The molecule has 0 radical (unpaired) electrons. The standard InChI is InChI=1S/C25H32Cl2N2O2S/c1-5-18(4)28-25(31)23(6-2)29(14-20-21(26)12-9-13-22(20)27)24(30)16-32-15-19-11-8-7-10-17(19)3/h7-13,18,23H,5-6,14-16H2,1-4H3,(H,28,31)/t18-,23+/m0/s1. The van der Waals surface area contributed by atoms with E-state index in [1.54, 1.807) is 34.9 Å². The number of hydrogen-bond donors (Lipinski definition) is 1. The van der Waals surface area contributed by atoms with Crippen molar-refractivity contribution >= 4 is 46.8 Å². The molecule has 0 spiro atoms. The van der Waals surface area contributed by atoms with Gasteiger partial charge in [0.25, 0.3) is 0 Å². The molecule has 2 atom stereocenters. The minimum absolute atomic E-state index is 0.0350. The number of aryl methyl sites for hydroxylation is 1. The van der Waals surface area contributed by atoms with Gasteiger partial charge in [0.05, 0.1) is 5.75 Å². The molecule has 174 valence electrons. The summed E-state index contributed by atoms with van der Waals surface area (Å²) in [4.78, 5) is 28.0. The number of hydrogen-bond acceptors (Lipinski definition) is 3. The Morgan fingerprint density at radius 2 is 1.69 bits per heavy atom. The number of thioether (sulfide) groups is 1. The molecule has 1 N–H and O–H groups in total. The fourth-order valence-electron chi connectivity index (χ4n) is 3.32. The maximum Gasteiger partial charge on any atom is 0.243 e. The molecule has 0 aromatic heterocycles. The molecule has 0 heterocycles.